The Hall–Kier alpha value is -1.27. The molecule has 0 heterocycles. The molecule has 2 rings (SSSR count). The van der Waals surface area contributed by atoms with Gasteiger partial charge in [-0.3, -0.25) is 0 Å². The number of halogens is 3. The predicted octanol–water partition coefficient (Wildman–Crippen LogP) is 2.84. The molecule has 1 saturated carbocycles. The van der Waals surface area contributed by atoms with Crippen molar-refractivity contribution in [2.45, 2.75) is 38.3 Å². The number of hydrogen-bond donors (Lipinski definition) is 2. The van der Waals surface area contributed by atoms with Gasteiger partial charge in [-0.05, 0) is 49.4 Å². The van der Waals surface area contributed by atoms with Crippen LogP contribution in [0, 0.1) is 5.92 Å². The minimum absolute atomic E-state index is 0.201. The van der Waals surface area contributed by atoms with Gasteiger partial charge in [0.15, 0.2) is 0 Å². The Morgan fingerprint density at radius 1 is 1.30 bits per heavy atom. The third-order valence-electron chi connectivity index (χ3n) is 3.41. The van der Waals surface area contributed by atoms with Crippen molar-refractivity contribution in [2.24, 2.45) is 5.92 Å². The van der Waals surface area contributed by atoms with E-state index in [1.54, 1.807) is 6.07 Å². The van der Waals surface area contributed by atoms with E-state index in [0.717, 1.165) is 31.4 Å². The summed E-state index contributed by atoms with van der Waals surface area (Å²) in [7, 11) is 0. The molecule has 1 fully saturated rings. The number of alkyl halides is 3. The van der Waals surface area contributed by atoms with Crippen LogP contribution in [0.2, 0.25) is 0 Å². The van der Waals surface area contributed by atoms with E-state index in [0.29, 0.717) is 12.5 Å². The van der Waals surface area contributed by atoms with Crippen molar-refractivity contribution in [3.8, 4) is 5.75 Å². The lowest BCUT2D eigenvalue weighted by Crippen LogP contribution is -2.21. The van der Waals surface area contributed by atoms with Gasteiger partial charge in [-0.15, -0.1) is 13.2 Å². The number of aliphatic hydroxyl groups is 1. The highest BCUT2D eigenvalue weighted by Gasteiger charge is 2.31. The van der Waals surface area contributed by atoms with E-state index < -0.39 is 6.36 Å². The molecule has 1 aliphatic rings. The maximum absolute atomic E-state index is 12.1. The Labute approximate surface area is 115 Å². The first-order chi connectivity index (χ1) is 9.42. The zero-order chi connectivity index (χ0) is 14.6. The van der Waals surface area contributed by atoms with Crippen LogP contribution in [0.1, 0.15) is 24.8 Å². The van der Waals surface area contributed by atoms with Crippen LogP contribution in [-0.4, -0.2) is 24.1 Å². The molecular weight excluding hydrogens is 271 g/mol. The van der Waals surface area contributed by atoms with Crippen LogP contribution in [-0.2, 0) is 6.54 Å². The second kappa shape index (κ2) is 6.45. The maximum atomic E-state index is 12.1. The molecule has 0 radical (unpaired) electrons. The predicted molar refractivity (Wildman–Crippen MR) is 68.2 cm³/mol. The Bertz CT molecular complexity index is 437. The smallest absolute Gasteiger partial charge is 0.406 e. The first-order valence-corrected chi connectivity index (χ1v) is 6.66. The van der Waals surface area contributed by atoms with Crippen LogP contribution in [0.5, 0.6) is 5.75 Å². The van der Waals surface area contributed by atoms with Crippen LogP contribution in [0.15, 0.2) is 24.3 Å². The van der Waals surface area contributed by atoms with Crippen molar-refractivity contribution in [1.29, 1.82) is 0 Å². The number of benzene rings is 1. The SMILES string of the molecule is OC1CCC(CNCc2cccc(OC(F)(F)F)c2)C1. The lowest BCUT2D eigenvalue weighted by atomic mass is 10.1. The average Bonchev–Trinajstić information content (AvgIpc) is 2.73. The highest BCUT2D eigenvalue weighted by atomic mass is 19.4. The molecule has 0 amide bonds. The van der Waals surface area contributed by atoms with Gasteiger partial charge in [0.05, 0.1) is 6.10 Å². The molecule has 0 aliphatic heterocycles. The highest BCUT2D eigenvalue weighted by Crippen LogP contribution is 2.25. The lowest BCUT2D eigenvalue weighted by molar-refractivity contribution is -0.274. The molecule has 112 valence electrons. The third-order valence-corrected chi connectivity index (χ3v) is 3.41. The summed E-state index contributed by atoms with van der Waals surface area (Å²) in [4.78, 5) is 0. The van der Waals surface area contributed by atoms with E-state index in [1.807, 2.05) is 0 Å². The Balaban J connectivity index is 1.79. The summed E-state index contributed by atoms with van der Waals surface area (Å²) in [5.41, 5.74) is 0.741. The number of hydrogen-bond acceptors (Lipinski definition) is 3. The molecule has 0 aromatic heterocycles. The molecule has 2 unspecified atom stereocenters. The quantitative estimate of drug-likeness (QED) is 0.876. The van der Waals surface area contributed by atoms with Gasteiger partial charge in [0, 0.05) is 6.54 Å². The molecule has 0 bridgehead atoms. The monoisotopic (exact) mass is 289 g/mol. The molecule has 0 saturated heterocycles. The molecule has 2 N–H and O–H groups in total. The average molecular weight is 289 g/mol. The fraction of sp³-hybridized carbons (Fsp3) is 0.571. The fourth-order valence-electron chi connectivity index (χ4n) is 2.51. The standard InChI is InChI=1S/C14H18F3NO2/c15-14(16,17)20-13-3-1-2-10(7-13)8-18-9-11-4-5-12(19)6-11/h1-3,7,11-12,18-19H,4-6,8-9H2. The van der Waals surface area contributed by atoms with Gasteiger partial charge in [0.25, 0.3) is 0 Å². The van der Waals surface area contributed by atoms with E-state index in [1.165, 1.54) is 18.2 Å². The molecule has 6 heteroatoms. The van der Waals surface area contributed by atoms with Crippen molar-refractivity contribution < 1.29 is 23.0 Å². The van der Waals surface area contributed by atoms with E-state index in [4.69, 9.17) is 0 Å². The van der Waals surface area contributed by atoms with E-state index in [-0.39, 0.29) is 11.9 Å². The molecule has 20 heavy (non-hydrogen) atoms. The van der Waals surface area contributed by atoms with E-state index in [2.05, 4.69) is 10.1 Å². The van der Waals surface area contributed by atoms with Crippen molar-refractivity contribution >= 4 is 0 Å². The van der Waals surface area contributed by atoms with Crippen molar-refractivity contribution in [1.82, 2.24) is 5.32 Å². The van der Waals surface area contributed by atoms with Crippen LogP contribution in [0.4, 0.5) is 13.2 Å². The summed E-state index contributed by atoms with van der Waals surface area (Å²) in [6.07, 6.45) is -2.24. The molecule has 3 nitrogen and oxygen atoms in total. The molecule has 0 spiro atoms. The minimum Gasteiger partial charge on any atom is -0.406 e. The minimum atomic E-state index is -4.66. The second-order valence-corrected chi connectivity index (χ2v) is 5.16. The summed E-state index contributed by atoms with van der Waals surface area (Å²) in [6.45, 7) is 1.25. The first-order valence-electron chi connectivity index (χ1n) is 6.66. The zero-order valence-corrected chi connectivity index (χ0v) is 11.0. The van der Waals surface area contributed by atoms with Crippen LogP contribution in [0.3, 0.4) is 0 Å². The van der Waals surface area contributed by atoms with Gasteiger partial charge in [0.1, 0.15) is 5.75 Å². The van der Waals surface area contributed by atoms with Crippen molar-refractivity contribution in [3.05, 3.63) is 29.8 Å². The maximum Gasteiger partial charge on any atom is 0.573 e. The summed E-state index contributed by atoms with van der Waals surface area (Å²) in [5, 5.41) is 12.6. The van der Waals surface area contributed by atoms with Crippen LogP contribution in [0.25, 0.3) is 0 Å². The van der Waals surface area contributed by atoms with Crippen LogP contribution < -0.4 is 10.1 Å². The normalized spacial score (nSPS) is 23.0. The van der Waals surface area contributed by atoms with Crippen LogP contribution >= 0.6 is 0 Å². The molecule has 1 aromatic rings. The van der Waals surface area contributed by atoms with E-state index in [9.17, 15) is 18.3 Å². The van der Waals surface area contributed by atoms with Gasteiger partial charge in [-0.25, -0.2) is 0 Å². The molecule has 1 aliphatic carbocycles. The van der Waals surface area contributed by atoms with Gasteiger partial charge in [0.2, 0.25) is 0 Å². The third kappa shape index (κ3) is 5.02. The fourth-order valence-corrected chi connectivity index (χ4v) is 2.51. The first kappa shape index (κ1) is 15.1. The number of ether oxygens (including phenoxy) is 1. The molecular formula is C14H18F3NO2. The Kier molecular flexibility index (Phi) is 4.88. The van der Waals surface area contributed by atoms with Gasteiger partial charge < -0.3 is 15.2 Å². The molecule has 1 aromatic carbocycles. The van der Waals surface area contributed by atoms with E-state index >= 15 is 0 Å². The van der Waals surface area contributed by atoms with Gasteiger partial charge >= 0.3 is 6.36 Å². The molecule has 2 atom stereocenters. The summed E-state index contributed by atoms with van der Waals surface area (Å²) in [6, 6.07) is 5.95. The largest absolute Gasteiger partial charge is 0.573 e. The lowest BCUT2D eigenvalue weighted by Gasteiger charge is -2.12. The Morgan fingerprint density at radius 2 is 2.10 bits per heavy atom. The number of rotatable bonds is 5. The van der Waals surface area contributed by atoms with Gasteiger partial charge in [-0.2, -0.15) is 0 Å². The summed E-state index contributed by atoms with van der Waals surface area (Å²) >= 11 is 0. The van der Waals surface area contributed by atoms with Crippen molar-refractivity contribution in [2.75, 3.05) is 6.54 Å². The van der Waals surface area contributed by atoms with Gasteiger partial charge in [-0.1, -0.05) is 12.1 Å². The summed E-state index contributed by atoms with van der Waals surface area (Å²) in [5.74, 6) is 0.243. The zero-order valence-electron chi connectivity index (χ0n) is 11.0. The van der Waals surface area contributed by atoms with Crippen molar-refractivity contribution in [3.63, 3.8) is 0 Å². The summed E-state index contributed by atoms with van der Waals surface area (Å²) < 4.78 is 40.2. The topological polar surface area (TPSA) is 41.5 Å². The number of nitrogens with one attached hydrogen (secondary N) is 1. The highest BCUT2D eigenvalue weighted by molar-refractivity contribution is 5.28. The Morgan fingerprint density at radius 3 is 2.75 bits per heavy atom. The second-order valence-electron chi connectivity index (χ2n) is 5.16. The number of aliphatic hydroxyl groups excluding tert-OH is 1.